The first-order chi connectivity index (χ1) is 7.15. The van der Waals surface area contributed by atoms with Crippen LogP contribution in [0.1, 0.15) is 13.8 Å². The van der Waals surface area contributed by atoms with E-state index in [0.29, 0.717) is 6.54 Å². The number of hydrogen-bond acceptors (Lipinski definition) is 5. The smallest absolute Gasteiger partial charge is 0.244 e. The van der Waals surface area contributed by atoms with Crippen molar-refractivity contribution < 1.29 is 9.90 Å². The number of amides is 1. The van der Waals surface area contributed by atoms with Crippen LogP contribution in [-0.4, -0.2) is 55.3 Å². The fourth-order valence-electron chi connectivity index (χ4n) is 1.26. The fraction of sp³-hybridized carbons (Fsp3) is 0.750. The van der Waals surface area contributed by atoms with Gasteiger partial charge in [-0.1, -0.05) is 0 Å². The van der Waals surface area contributed by atoms with Gasteiger partial charge < -0.3 is 10.0 Å². The van der Waals surface area contributed by atoms with Crippen molar-refractivity contribution in [2.75, 3.05) is 13.2 Å². The minimum atomic E-state index is -0.105. The Morgan fingerprint density at radius 3 is 2.80 bits per heavy atom. The third-order valence-corrected chi connectivity index (χ3v) is 1.97. The number of hydrogen-bond donors (Lipinski definition) is 1. The third-order valence-electron chi connectivity index (χ3n) is 1.97. The van der Waals surface area contributed by atoms with Crippen molar-refractivity contribution in [3.05, 3.63) is 6.33 Å². The van der Waals surface area contributed by atoms with E-state index in [1.54, 1.807) is 4.90 Å². The fourth-order valence-corrected chi connectivity index (χ4v) is 1.26. The molecule has 0 aliphatic heterocycles. The van der Waals surface area contributed by atoms with Crippen LogP contribution in [0.4, 0.5) is 0 Å². The molecule has 0 unspecified atom stereocenters. The number of aromatic nitrogens is 4. The van der Waals surface area contributed by atoms with Gasteiger partial charge in [0.1, 0.15) is 12.9 Å². The maximum absolute atomic E-state index is 11.7. The van der Waals surface area contributed by atoms with Crippen molar-refractivity contribution in [3.63, 3.8) is 0 Å². The van der Waals surface area contributed by atoms with Crippen LogP contribution in [0.15, 0.2) is 6.33 Å². The molecule has 1 N–H and O–H groups in total. The van der Waals surface area contributed by atoms with Crippen molar-refractivity contribution >= 4 is 5.91 Å². The molecule has 0 spiro atoms. The quantitative estimate of drug-likeness (QED) is 0.671. The Morgan fingerprint density at radius 2 is 2.33 bits per heavy atom. The molecule has 0 fully saturated rings. The molecule has 1 aromatic rings. The van der Waals surface area contributed by atoms with Crippen molar-refractivity contribution in [2.45, 2.75) is 26.4 Å². The summed E-state index contributed by atoms with van der Waals surface area (Å²) in [5.74, 6) is -0.105. The van der Waals surface area contributed by atoms with Gasteiger partial charge in [0.05, 0.1) is 6.61 Å². The minimum Gasteiger partial charge on any atom is -0.395 e. The molecule has 15 heavy (non-hydrogen) atoms. The van der Waals surface area contributed by atoms with Gasteiger partial charge in [0.15, 0.2) is 0 Å². The molecular formula is C8H15N5O2. The van der Waals surface area contributed by atoms with Crippen LogP contribution < -0.4 is 0 Å². The Kier molecular flexibility index (Phi) is 4.17. The van der Waals surface area contributed by atoms with Gasteiger partial charge in [0.2, 0.25) is 5.91 Å². The van der Waals surface area contributed by atoms with Crippen LogP contribution in [0.2, 0.25) is 0 Å². The third kappa shape index (κ3) is 3.28. The van der Waals surface area contributed by atoms with Crippen LogP contribution in [0, 0.1) is 0 Å². The molecule has 0 aromatic carbocycles. The van der Waals surface area contributed by atoms with Gasteiger partial charge in [-0.25, -0.2) is 4.68 Å². The molecule has 0 aliphatic rings. The SMILES string of the molecule is CC(C)N(CCO)C(=O)Cn1cnnn1. The van der Waals surface area contributed by atoms with Crippen LogP contribution in [-0.2, 0) is 11.3 Å². The maximum atomic E-state index is 11.7. The summed E-state index contributed by atoms with van der Waals surface area (Å²) >= 11 is 0. The summed E-state index contributed by atoms with van der Waals surface area (Å²) in [6.45, 7) is 4.18. The van der Waals surface area contributed by atoms with Crippen LogP contribution >= 0.6 is 0 Å². The monoisotopic (exact) mass is 213 g/mol. The van der Waals surface area contributed by atoms with Crippen LogP contribution in [0.25, 0.3) is 0 Å². The summed E-state index contributed by atoms with van der Waals surface area (Å²) in [7, 11) is 0. The summed E-state index contributed by atoms with van der Waals surface area (Å²) in [4.78, 5) is 13.3. The molecule has 84 valence electrons. The lowest BCUT2D eigenvalue weighted by atomic mass is 10.3. The summed E-state index contributed by atoms with van der Waals surface area (Å²) in [6.07, 6.45) is 1.38. The lowest BCUT2D eigenvalue weighted by Gasteiger charge is -2.25. The second kappa shape index (κ2) is 5.40. The molecule has 1 aromatic heterocycles. The molecule has 1 heterocycles. The summed E-state index contributed by atoms with van der Waals surface area (Å²) in [5.41, 5.74) is 0. The van der Waals surface area contributed by atoms with Gasteiger partial charge in [-0.2, -0.15) is 0 Å². The van der Waals surface area contributed by atoms with E-state index in [1.165, 1.54) is 11.0 Å². The molecule has 0 saturated carbocycles. The van der Waals surface area contributed by atoms with Gasteiger partial charge in [-0.3, -0.25) is 4.79 Å². The van der Waals surface area contributed by atoms with Gasteiger partial charge >= 0.3 is 0 Å². The first-order valence-electron chi connectivity index (χ1n) is 4.76. The highest BCUT2D eigenvalue weighted by molar-refractivity contribution is 5.76. The Labute approximate surface area is 87.7 Å². The molecule has 7 heteroatoms. The average molecular weight is 213 g/mol. The number of nitrogens with zero attached hydrogens (tertiary/aromatic N) is 5. The van der Waals surface area contributed by atoms with E-state index in [1.807, 2.05) is 13.8 Å². The molecule has 1 rings (SSSR count). The number of aliphatic hydroxyl groups excluding tert-OH is 1. The second-order valence-electron chi connectivity index (χ2n) is 3.41. The van der Waals surface area contributed by atoms with E-state index in [4.69, 9.17) is 5.11 Å². The molecule has 0 radical (unpaired) electrons. The van der Waals surface area contributed by atoms with E-state index in [2.05, 4.69) is 15.5 Å². The molecule has 0 saturated heterocycles. The van der Waals surface area contributed by atoms with Crippen LogP contribution in [0.5, 0.6) is 0 Å². The maximum Gasteiger partial charge on any atom is 0.244 e. The van der Waals surface area contributed by atoms with Crippen LogP contribution in [0.3, 0.4) is 0 Å². The zero-order valence-electron chi connectivity index (χ0n) is 8.87. The lowest BCUT2D eigenvalue weighted by Crippen LogP contribution is -2.41. The predicted molar refractivity (Wildman–Crippen MR) is 51.8 cm³/mol. The highest BCUT2D eigenvalue weighted by Gasteiger charge is 2.16. The van der Waals surface area contributed by atoms with E-state index in [0.717, 1.165) is 0 Å². The van der Waals surface area contributed by atoms with E-state index in [-0.39, 0.29) is 25.1 Å². The molecule has 1 amide bonds. The van der Waals surface area contributed by atoms with Crippen molar-refractivity contribution in [3.8, 4) is 0 Å². The highest BCUT2D eigenvalue weighted by atomic mass is 16.3. The number of carbonyl (C=O) groups is 1. The number of tetrazole rings is 1. The van der Waals surface area contributed by atoms with Crippen molar-refractivity contribution in [1.82, 2.24) is 25.1 Å². The highest BCUT2D eigenvalue weighted by Crippen LogP contribution is 1.99. The second-order valence-corrected chi connectivity index (χ2v) is 3.41. The summed E-state index contributed by atoms with van der Waals surface area (Å²) in [5, 5.41) is 19.3. The lowest BCUT2D eigenvalue weighted by molar-refractivity contribution is -0.134. The molecule has 0 atom stereocenters. The van der Waals surface area contributed by atoms with Crippen molar-refractivity contribution in [2.24, 2.45) is 0 Å². The largest absolute Gasteiger partial charge is 0.395 e. The zero-order chi connectivity index (χ0) is 11.3. The van der Waals surface area contributed by atoms with E-state index in [9.17, 15) is 4.79 Å². The van der Waals surface area contributed by atoms with Gasteiger partial charge in [-0.05, 0) is 24.3 Å². The van der Waals surface area contributed by atoms with Crippen molar-refractivity contribution in [1.29, 1.82) is 0 Å². The average Bonchev–Trinajstić information content (AvgIpc) is 2.65. The molecular weight excluding hydrogens is 198 g/mol. The predicted octanol–water partition coefficient (Wildman–Crippen LogP) is -1.10. The van der Waals surface area contributed by atoms with Gasteiger partial charge in [-0.15, -0.1) is 5.10 Å². The normalized spacial score (nSPS) is 10.7. The van der Waals surface area contributed by atoms with Gasteiger partial charge in [0, 0.05) is 12.6 Å². The standard InChI is InChI=1S/C8H15N5O2/c1-7(2)13(3-4-14)8(15)5-12-6-9-10-11-12/h6-7,14H,3-5H2,1-2H3. The van der Waals surface area contributed by atoms with Gasteiger partial charge in [0.25, 0.3) is 0 Å². The summed E-state index contributed by atoms with van der Waals surface area (Å²) in [6, 6.07) is 0.0566. The molecule has 7 nitrogen and oxygen atoms in total. The Hall–Kier alpha value is -1.50. The number of rotatable bonds is 5. The molecule has 0 bridgehead atoms. The Bertz CT molecular complexity index is 298. The first-order valence-corrected chi connectivity index (χ1v) is 4.76. The Balaban J connectivity index is 2.56. The molecule has 0 aliphatic carbocycles. The first kappa shape index (κ1) is 11.6. The summed E-state index contributed by atoms with van der Waals surface area (Å²) < 4.78 is 1.36. The zero-order valence-corrected chi connectivity index (χ0v) is 8.87. The topological polar surface area (TPSA) is 84.1 Å². The minimum absolute atomic E-state index is 0.0421. The number of carbonyl (C=O) groups excluding carboxylic acids is 1. The van der Waals surface area contributed by atoms with E-state index >= 15 is 0 Å². The number of aliphatic hydroxyl groups is 1. The Morgan fingerprint density at radius 1 is 1.60 bits per heavy atom. The van der Waals surface area contributed by atoms with E-state index < -0.39 is 0 Å².